The Balaban J connectivity index is 2.44. The van der Waals surface area contributed by atoms with E-state index in [9.17, 15) is 17.6 Å². The summed E-state index contributed by atoms with van der Waals surface area (Å²) in [5.74, 6) is -5.09. The lowest BCUT2D eigenvalue weighted by Gasteiger charge is -2.14. The lowest BCUT2D eigenvalue weighted by atomic mass is 9.95. The first-order chi connectivity index (χ1) is 11.0. The summed E-state index contributed by atoms with van der Waals surface area (Å²) in [6.07, 6.45) is 0. The fraction of sp³-hybridized carbons (Fsp3) is 0.111. The Morgan fingerprint density at radius 2 is 1.30 bits per heavy atom. The first-order valence-electron chi connectivity index (χ1n) is 6.86. The van der Waals surface area contributed by atoms with Crippen molar-refractivity contribution in [2.24, 2.45) is 0 Å². The zero-order chi connectivity index (χ0) is 16.7. The van der Waals surface area contributed by atoms with Crippen molar-refractivity contribution in [1.29, 1.82) is 0 Å². The zero-order valence-electron chi connectivity index (χ0n) is 12.4. The molecule has 0 heterocycles. The van der Waals surface area contributed by atoms with Gasteiger partial charge in [-0.05, 0) is 30.0 Å². The molecule has 23 heavy (non-hydrogen) atoms. The van der Waals surface area contributed by atoms with Gasteiger partial charge in [-0.25, -0.2) is 17.6 Å². The molecule has 0 N–H and O–H groups in total. The molecule has 1 nitrogen and oxygen atoms in total. The summed E-state index contributed by atoms with van der Waals surface area (Å²) in [6, 6.07) is 9.61. The van der Waals surface area contributed by atoms with Crippen LogP contribution in [-0.4, -0.2) is 7.11 Å². The maximum Gasteiger partial charge on any atom is 0.170 e. The molecule has 0 saturated heterocycles. The van der Waals surface area contributed by atoms with E-state index in [2.05, 4.69) is 0 Å². The SMILES string of the molecule is COc1ccc(-c2c(F)c(F)c(C)c(F)c2F)c2ccccc12. The smallest absolute Gasteiger partial charge is 0.170 e. The summed E-state index contributed by atoms with van der Waals surface area (Å²) in [4.78, 5) is 0. The maximum atomic E-state index is 14.3. The fourth-order valence-electron chi connectivity index (χ4n) is 2.65. The minimum absolute atomic E-state index is 0.0641. The molecule has 0 bridgehead atoms. The highest BCUT2D eigenvalue weighted by atomic mass is 19.2. The van der Waals surface area contributed by atoms with E-state index in [0.29, 0.717) is 16.5 Å². The molecular weight excluding hydrogens is 308 g/mol. The Labute approximate surface area is 130 Å². The number of hydrogen-bond acceptors (Lipinski definition) is 1. The minimum Gasteiger partial charge on any atom is -0.496 e. The molecule has 0 aliphatic carbocycles. The number of hydrogen-bond donors (Lipinski definition) is 0. The number of halogens is 4. The third-order valence-electron chi connectivity index (χ3n) is 3.86. The number of methoxy groups -OCH3 is 1. The first-order valence-corrected chi connectivity index (χ1v) is 6.86. The molecule has 0 saturated carbocycles. The summed E-state index contributed by atoms with van der Waals surface area (Å²) in [6.45, 7) is 0.993. The molecule has 3 aromatic carbocycles. The average molecular weight is 320 g/mol. The molecule has 0 aliphatic heterocycles. The Hall–Kier alpha value is -2.56. The monoisotopic (exact) mass is 320 g/mol. The van der Waals surface area contributed by atoms with Crippen LogP contribution in [0.4, 0.5) is 17.6 Å². The van der Waals surface area contributed by atoms with Gasteiger partial charge in [0.25, 0.3) is 0 Å². The summed E-state index contributed by atoms with van der Waals surface area (Å²) < 4.78 is 61.5. The normalized spacial score (nSPS) is 11.0. The molecule has 118 valence electrons. The van der Waals surface area contributed by atoms with Crippen molar-refractivity contribution in [1.82, 2.24) is 0 Å². The predicted molar refractivity (Wildman–Crippen MR) is 80.5 cm³/mol. The first kappa shape index (κ1) is 15.3. The summed E-state index contributed by atoms with van der Waals surface area (Å²) in [5, 5.41) is 1.03. The number of ether oxygens (including phenoxy) is 1. The maximum absolute atomic E-state index is 14.3. The highest BCUT2D eigenvalue weighted by Crippen LogP contribution is 2.38. The fourth-order valence-corrected chi connectivity index (χ4v) is 2.65. The van der Waals surface area contributed by atoms with E-state index in [0.717, 1.165) is 6.92 Å². The zero-order valence-corrected chi connectivity index (χ0v) is 12.4. The van der Waals surface area contributed by atoms with Crippen LogP contribution in [0.15, 0.2) is 36.4 Å². The van der Waals surface area contributed by atoms with Gasteiger partial charge in [-0.1, -0.05) is 24.3 Å². The highest BCUT2D eigenvalue weighted by molar-refractivity contribution is 6.00. The molecule has 0 spiro atoms. The second kappa shape index (κ2) is 5.57. The van der Waals surface area contributed by atoms with Crippen molar-refractivity contribution < 1.29 is 22.3 Å². The molecule has 0 unspecified atom stereocenters. The highest BCUT2D eigenvalue weighted by Gasteiger charge is 2.25. The Morgan fingerprint density at radius 1 is 0.739 bits per heavy atom. The molecule has 3 rings (SSSR count). The van der Waals surface area contributed by atoms with E-state index >= 15 is 0 Å². The van der Waals surface area contributed by atoms with Crippen molar-refractivity contribution in [3.05, 3.63) is 65.2 Å². The molecule has 0 radical (unpaired) electrons. The van der Waals surface area contributed by atoms with Crippen molar-refractivity contribution in [3.63, 3.8) is 0 Å². The number of fused-ring (bicyclic) bond motifs is 1. The van der Waals surface area contributed by atoms with E-state index in [1.807, 2.05) is 0 Å². The number of benzene rings is 3. The average Bonchev–Trinajstić information content (AvgIpc) is 2.58. The molecule has 0 aromatic heterocycles. The van der Waals surface area contributed by atoms with E-state index in [4.69, 9.17) is 4.74 Å². The van der Waals surface area contributed by atoms with Crippen LogP contribution in [-0.2, 0) is 0 Å². The molecule has 0 aliphatic rings. The van der Waals surface area contributed by atoms with E-state index in [-0.39, 0.29) is 5.56 Å². The van der Waals surface area contributed by atoms with E-state index in [1.165, 1.54) is 19.2 Å². The third kappa shape index (κ3) is 2.23. The second-order valence-electron chi connectivity index (χ2n) is 5.12. The molecule has 0 atom stereocenters. The molecule has 5 heteroatoms. The summed E-state index contributed by atoms with van der Waals surface area (Å²) >= 11 is 0. The van der Waals surface area contributed by atoms with Crippen molar-refractivity contribution in [2.45, 2.75) is 6.92 Å². The van der Waals surface area contributed by atoms with Crippen LogP contribution < -0.4 is 4.74 Å². The van der Waals surface area contributed by atoms with Gasteiger partial charge in [-0.2, -0.15) is 0 Å². The van der Waals surface area contributed by atoms with Crippen LogP contribution in [0.5, 0.6) is 5.75 Å². The van der Waals surface area contributed by atoms with Gasteiger partial charge in [-0.3, -0.25) is 0 Å². The topological polar surface area (TPSA) is 9.23 Å². The van der Waals surface area contributed by atoms with Gasteiger partial charge in [0.15, 0.2) is 23.3 Å². The van der Waals surface area contributed by atoms with Gasteiger partial charge in [0.05, 0.1) is 12.7 Å². The van der Waals surface area contributed by atoms with Crippen molar-refractivity contribution in [3.8, 4) is 16.9 Å². The lowest BCUT2D eigenvalue weighted by molar-refractivity contribution is 0.420. The minimum atomic E-state index is -1.41. The Bertz CT molecular complexity index is 890. The Morgan fingerprint density at radius 3 is 1.87 bits per heavy atom. The van der Waals surface area contributed by atoms with Gasteiger partial charge >= 0.3 is 0 Å². The van der Waals surface area contributed by atoms with Crippen molar-refractivity contribution >= 4 is 10.8 Å². The van der Waals surface area contributed by atoms with Crippen molar-refractivity contribution in [2.75, 3.05) is 7.11 Å². The molecule has 0 fully saturated rings. The van der Waals surface area contributed by atoms with E-state index in [1.54, 1.807) is 24.3 Å². The van der Waals surface area contributed by atoms with E-state index < -0.39 is 34.4 Å². The van der Waals surface area contributed by atoms with Gasteiger partial charge < -0.3 is 4.74 Å². The lowest BCUT2D eigenvalue weighted by Crippen LogP contribution is -2.03. The summed E-state index contributed by atoms with van der Waals surface area (Å²) in [7, 11) is 1.47. The Kier molecular flexibility index (Phi) is 3.72. The van der Waals surface area contributed by atoms with Crippen LogP contribution in [0.1, 0.15) is 5.56 Å². The number of rotatable bonds is 2. The molecule has 0 amide bonds. The van der Waals surface area contributed by atoms with Crippen LogP contribution in [0.25, 0.3) is 21.9 Å². The van der Waals surface area contributed by atoms with Gasteiger partial charge in [-0.15, -0.1) is 0 Å². The van der Waals surface area contributed by atoms with Crippen LogP contribution in [0.2, 0.25) is 0 Å². The van der Waals surface area contributed by atoms with Crippen LogP contribution >= 0.6 is 0 Å². The van der Waals surface area contributed by atoms with Gasteiger partial charge in [0, 0.05) is 10.9 Å². The largest absolute Gasteiger partial charge is 0.496 e. The standard InChI is InChI=1S/C18H12F4O/c1-9-15(19)17(21)14(18(22)16(9)20)12-7-8-13(23-2)11-6-4-3-5-10(11)12/h3-8H,1-2H3. The van der Waals surface area contributed by atoms with Gasteiger partial charge in [0.1, 0.15) is 5.75 Å². The molecule has 3 aromatic rings. The molecular formula is C18H12F4O. The second-order valence-corrected chi connectivity index (χ2v) is 5.12. The van der Waals surface area contributed by atoms with Crippen LogP contribution in [0.3, 0.4) is 0 Å². The van der Waals surface area contributed by atoms with Crippen LogP contribution in [0, 0.1) is 30.2 Å². The quantitative estimate of drug-likeness (QED) is 0.455. The van der Waals surface area contributed by atoms with Gasteiger partial charge in [0.2, 0.25) is 0 Å². The third-order valence-corrected chi connectivity index (χ3v) is 3.86. The summed E-state index contributed by atoms with van der Waals surface area (Å²) in [5.41, 5.74) is -1.33. The predicted octanol–water partition coefficient (Wildman–Crippen LogP) is 5.38.